The van der Waals surface area contributed by atoms with E-state index in [9.17, 15) is 24.9 Å². The first-order valence-corrected chi connectivity index (χ1v) is 15.8. The fourth-order valence-electron chi connectivity index (χ4n) is 6.70. The molecule has 0 bridgehead atoms. The molecule has 1 fully saturated rings. The van der Waals surface area contributed by atoms with E-state index in [0.29, 0.717) is 31.2 Å². The minimum atomic E-state index is -1.44. The van der Waals surface area contributed by atoms with Gasteiger partial charge < -0.3 is 35.4 Å². The molecule has 0 saturated heterocycles. The van der Waals surface area contributed by atoms with Crippen LogP contribution in [0.3, 0.4) is 0 Å². The molecule has 2 amide bonds. The van der Waals surface area contributed by atoms with E-state index in [2.05, 4.69) is 0 Å². The van der Waals surface area contributed by atoms with E-state index in [1.165, 1.54) is 30.9 Å². The Kier molecular flexibility index (Phi) is 9.22. The number of ether oxygens (including phenoxy) is 2. The van der Waals surface area contributed by atoms with Crippen molar-refractivity contribution in [1.29, 1.82) is 0 Å². The third-order valence-electron chi connectivity index (χ3n) is 9.24. The van der Waals surface area contributed by atoms with Gasteiger partial charge in [0, 0.05) is 34.7 Å². The number of carboxylic acid groups (broad SMARTS) is 1. The molecule has 9 nitrogen and oxygen atoms in total. The van der Waals surface area contributed by atoms with E-state index >= 15 is 8.78 Å². The van der Waals surface area contributed by atoms with Crippen LogP contribution in [0.25, 0.3) is 11.1 Å². The van der Waals surface area contributed by atoms with Gasteiger partial charge in [0.15, 0.2) is 17.2 Å². The molecule has 0 spiro atoms. The van der Waals surface area contributed by atoms with Gasteiger partial charge in [-0.1, -0.05) is 48.9 Å². The molecule has 12 heteroatoms. The standard InChI is InChI=1S/C35H39ClF2N2O7/c1-19-26-25(16-23(37)29(36)28(26)27-22(31(39)41)10-11-24(30(27)38)46-18-33(2,3)44)47-35(19,20-8-6-5-7-9-20)17-40(32(42)43)21-12-14-34(4,45)15-13-21/h5-11,16,19,21,44-45H,12-15,17-18H2,1-4H3,(H2,39,41)(H,42,43)/t19-,21?,34?,35-/m0/s1. The maximum Gasteiger partial charge on any atom is 0.407 e. The molecule has 1 aliphatic carbocycles. The van der Waals surface area contributed by atoms with Crippen LogP contribution < -0.4 is 15.2 Å². The summed E-state index contributed by atoms with van der Waals surface area (Å²) in [5.41, 5.74) is 1.97. The number of aliphatic hydroxyl groups is 2. The first kappa shape index (κ1) is 34.4. The van der Waals surface area contributed by atoms with Gasteiger partial charge in [-0.2, -0.15) is 0 Å². The third-order valence-corrected chi connectivity index (χ3v) is 9.61. The van der Waals surface area contributed by atoms with Crippen LogP contribution in [0.2, 0.25) is 5.02 Å². The summed E-state index contributed by atoms with van der Waals surface area (Å²) in [6.45, 7) is 5.93. The Balaban J connectivity index is 1.70. The monoisotopic (exact) mass is 672 g/mol. The Morgan fingerprint density at radius 3 is 2.34 bits per heavy atom. The Hall–Kier alpha value is -3.93. The summed E-state index contributed by atoms with van der Waals surface area (Å²) in [7, 11) is 0. The van der Waals surface area contributed by atoms with E-state index in [-0.39, 0.29) is 41.3 Å². The predicted molar refractivity (Wildman–Crippen MR) is 172 cm³/mol. The largest absolute Gasteiger partial charge is 0.488 e. The Morgan fingerprint density at radius 2 is 1.77 bits per heavy atom. The molecule has 1 aliphatic heterocycles. The quantitative estimate of drug-likeness (QED) is 0.201. The van der Waals surface area contributed by atoms with Gasteiger partial charge in [0.2, 0.25) is 5.91 Å². The number of primary amides is 1. The van der Waals surface area contributed by atoms with Gasteiger partial charge in [0.1, 0.15) is 18.2 Å². The van der Waals surface area contributed by atoms with Crippen LogP contribution in [0.5, 0.6) is 11.5 Å². The van der Waals surface area contributed by atoms with Gasteiger partial charge in [0.25, 0.3) is 0 Å². The highest BCUT2D eigenvalue weighted by Crippen LogP contribution is 2.57. The number of benzene rings is 3. The minimum Gasteiger partial charge on any atom is -0.488 e. The van der Waals surface area contributed by atoms with Crippen LogP contribution in [-0.4, -0.2) is 62.6 Å². The number of nitrogens with two attached hydrogens (primary N) is 1. The zero-order chi connectivity index (χ0) is 34.5. The molecular weight excluding hydrogens is 634 g/mol. The minimum absolute atomic E-state index is 0.00666. The molecule has 1 heterocycles. The topological polar surface area (TPSA) is 143 Å². The van der Waals surface area contributed by atoms with E-state index in [1.54, 1.807) is 44.2 Å². The van der Waals surface area contributed by atoms with Gasteiger partial charge in [0.05, 0.1) is 28.3 Å². The summed E-state index contributed by atoms with van der Waals surface area (Å²) in [5, 5.41) is 30.7. The summed E-state index contributed by atoms with van der Waals surface area (Å²) in [4.78, 5) is 26.8. The van der Waals surface area contributed by atoms with E-state index < -0.39 is 63.0 Å². The van der Waals surface area contributed by atoms with Gasteiger partial charge >= 0.3 is 6.09 Å². The lowest BCUT2D eigenvalue weighted by atomic mass is 9.76. The van der Waals surface area contributed by atoms with Crippen molar-refractivity contribution in [2.24, 2.45) is 5.73 Å². The number of rotatable bonds is 9. The normalized spacial score (nSPS) is 23.9. The number of carbonyl (C=O) groups excluding carboxylic acids is 1. The zero-order valence-electron chi connectivity index (χ0n) is 26.6. The van der Waals surface area contributed by atoms with E-state index in [1.807, 2.05) is 0 Å². The molecule has 3 aromatic rings. The van der Waals surface area contributed by atoms with Gasteiger partial charge in [-0.25, -0.2) is 13.6 Å². The lowest BCUT2D eigenvalue weighted by molar-refractivity contribution is -0.0250. The molecule has 0 unspecified atom stereocenters. The number of amides is 2. The van der Waals surface area contributed by atoms with Crippen molar-refractivity contribution < 1.29 is 43.2 Å². The first-order chi connectivity index (χ1) is 22.0. The second-order valence-electron chi connectivity index (χ2n) is 13.4. The lowest BCUT2D eigenvalue weighted by Gasteiger charge is -2.43. The SMILES string of the molecule is C[C@H]1c2c(cc(F)c(Cl)c2-c2c(C(N)=O)ccc(OCC(C)(C)O)c2F)O[C@]1(CN(C(=O)O)C1CCC(C)(O)CC1)c1ccccc1. The summed E-state index contributed by atoms with van der Waals surface area (Å²) in [6.07, 6.45) is 0.455. The number of hydrogen-bond donors (Lipinski definition) is 4. The maximum absolute atomic E-state index is 16.5. The van der Waals surface area contributed by atoms with Crippen molar-refractivity contribution in [2.75, 3.05) is 13.2 Å². The number of fused-ring (bicyclic) bond motifs is 1. The highest BCUT2D eigenvalue weighted by Gasteiger charge is 2.52. The number of nitrogens with zero attached hydrogens (tertiary/aromatic N) is 1. The van der Waals surface area contributed by atoms with Crippen molar-refractivity contribution in [3.05, 3.63) is 81.9 Å². The Bertz CT molecular complexity index is 1690. The number of halogens is 3. The number of hydrogen-bond acceptors (Lipinski definition) is 6. The second kappa shape index (κ2) is 12.6. The predicted octanol–water partition coefficient (Wildman–Crippen LogP) is 6.60. The van der Waals surface area contributed by atoms with Crippen molar-refractivity contribution in [3.63, 3.8) is 0 Å². The van der Waals surface area contributed by atoms with Crippen LogP contribution in [0.1, 0.15) is 80.8 Å². The smallest absolute Gasteiger partial charge is 0.407 e. The molecule has 2 atom stereocenters. The van der Waals surface area contributed by atoms with Crippen molar-refractivity contribution in [1.82, 2.24) is 4.90 Å². The summed E-state index contributed by atoms with van der Waals surface area (Å²) >= 11 is 6.61. The summed E-state index contributed by atoms with van der Waals surface area (Å²) in [6, 6.07) is 11.9. The van der Waals surface area contributed by atoms with Gasteiger partial charge in [-0.15, -0.1) is 0 Å². The molecule has 5 rings (SSSR count). The molecule has 252 valence electrons. The average Bonchev–Trinajstić information content (AvgIpc) is 3.27. The molecule has 3 aromatic carbocycles. The summed E-state index contributed by atoms with van der Waals surface area (Å²) in [5.74, 6) is -4.12. The van der Waals surface area contributed by atoms with Gasteiger partial charge in [-0.3, -0.25) is 4.79 Å². The van der Waals surface area contributed by atoms with E-state index in [4.69, 9.17) is 26.8 Å². The highest BCUT2D eigenvalue weighted by molar-refractivity contribution is 6.34. The van der Waals surface area contributed by atoms with Crippen LogP contribution in [0.4, 0.5) is 13.6 Å². The number of carbonyl (C=O) groups is 2. The van der Waals surface area contributed by atoms with Crippen LogP contribution in [0.15, 0.2) is 48.5 Å². The van der Waals surface area contributed by atoms with Crippen molar-refractivity contribution >= 4 is 23.6 Å². The molecule has 0 aromatic heterocycles. The highest BCUT2D eigenvalue weighted by atomic mass is 35.5. The maximum atomic E-state index is 16.5. The molecule has 47 heavy (non-hydrogen) atoms. The van der Waals surface area contributed by atoms with Crippen LogP contribution in [0, 0.1) is 11.6 Å². The van der Waals surface area contributed by atoms with Crippen molar-refractivity contribution in [2.45, 2.75) is 82.1 Å². The molecule has 0 radical (unpaired) electrons. The third kappa shape index (κ3) is 6.61. The average molecular weight is 673 g/mol. The van der Waals surface area contributed by atoms with Crippen molar-refractivity contribution in [3.8, 4) is 22.6 Å². The van der Waals surface area contributed by atoms with Crippen LogP contribution in [-0.2, 0) is 5.60 Å². The fourth-order valence-corrected chi connectivity index (χ4v) is 6.95. The first-order valence-electron chi connectivity index (χ1n) is 15.4. The zero-order valence-corrected chi connectivity index (χ0v) is 27.4. The fraction of sp³-hybridized carbons (Fsp3) is 0.429. The molecule has 1 saturated carbocycles. The summed E-state index contributed by atoms with van der Waals surface area (Å²) < 4.78 is 44.3. The van der Waals surface area contributed by atoms with Gasteiger partial charge in [-0.05, 0) is 64.2 Å². The molecular formula is C35H39ClF2N2O7. The molecule has 5 N–H and O–H groups in total. The second-order valence-corrected chi connectivity index (χ2v) is 13.8. The Morgan fingerprint density at radius 1 is 1.13 bits per heavy atom. The van der Waals surface area contributed by atoms with Crippen LogP contribution >= 0.6 is 11.6 Å². The lowest BCUT2D eigenvalue weighted by Crippen LogP contribution is -2.53. The van der Waals surface area contributed by atoms with E-state index in [0.717, 1.165) is 6.07 Å². The Labute approximate surface area is 276 Å². The molecule has 2 aliphatic rings.